The molecule has 0 saturated carbocycles. The van der Waals surface area contributed by atoms with Crippen LogP contribution < -0.4 is 5.32 Å². The van der Waals surface area contributed by atoms with E-state index in [1.807, 2.05) is 25.8 Å². The van der Waals surface area contributed by atoms with Gasteiger partial charge in [-0.2, -0.15) is 8.42 Å². The molecule has 0 radical (unpaired) electrons. The van der Waals surface area contributed by atoms with Gasteiger partial charge >= 0.3 is 0 Å². The van der Waals surface area contributed by atoms with E-state index in [4.69, 9.17) is 4.74 Å². The van der Waals surface area contributed by atoms with Crippen LogP contribution in [-0.4, -0.2) is 51.4 Å². The number of rotatable bonds is 7. The molecular weight excluding hydrogens is 342 g/mol. The van der Waals surface area contributed by atoms with Crippen molar-refractivity contribution in [3.8, 4) is 0 Å². The molecule has 0 spiro atoms. The Bertz CT molecular complexity index is 746. The topological polar surface area (TPSA) is 88.1 Å². The zero-order valence-electron chi connectivity index (χ0n) is 14.9. The van der Waals surface area contributed by atoms with Crippen LogP contribution >= 0.6 is 0 Å². The van der Waals surface area contributed by atoms with Gasteiger partial charge in [0.25, 0.3) is 15.9 Å². The molecule has 0 bridgehead atoms. The molecule has 1 atom stereocenters. The van der Waals surface area contributed by atoms with E-state index in [9.17, 15) is 13.2 Å². The molecule has 138 valence electrons. The molecule has 8 heteroatoms. The molecule has 1 aromatic rings. The number of ether oxygens (including phenoxy) is 1. The number of benzene rings is 1. The van der Waals surface area contributed by atoms with Crippen LogP contribution in [0.2, 0.25) is 0 Å². The van der Waals surface area contributed by atoms with Gasteiger partial charge in [-0.05, 0) is 38.0 Å². The summed E-state index contributed by atoms with van der Waals surface area (Å²) in [4.78, 5) is 14.1. The monoisotopic (exact) mass is 367 g/mol. The Hall–Kier alpha value is -1.93. The van der Waals surface area contributed by atoms with Crippen LogP contribution in [0, 0.1) is 0 Å². The predicted molar refractivity (Wildman–Crippen MR) is 97.3 cm³/mol. The molecule has 1 aromatic carbocycles. The fourth-order valence-electron chi connectivity index (χ4n) is 2.64. The first-order valence-electron chi connectivity index (χ1n) is 8.45. The van der Waals surface area contributed by atoms with Gasteiger partial charge in [0.05, 0.1) is 4.90 Å². The summed E-state index contributed by atoms with van der Waals surface area (Å²) in [5, 5.41) is 2.71. The molecule has 1 aliphatic heterocycles. The summed E-state index contributed by atoms with van der Waals surface area (Å²) < 4.78 is 34.3. The van der Waals surface area contributed by atoms with Gasteiger partial charge in [-0.3, -0.25) is 4.79 Å². The molecule has 1 unspecified atom stereocenters. The summed E-state index contributed by atoms with van der Waals surface area (Å²) in [7, 11) is -1.98. The summed E-state index contributed by atoms with van der Waals surface area (Å²) in [6.45, 7) is 4.92. The van der Waals surface area contributed by atoms with E-state index < -0.39 is 16.1 Å². The van der Waals surface area contributed by atoms with Crippen LogP contribution in [0.1, 0.15) is 33.1 Å². The van der Waals surface area contributed by atoms with E-state index in [0.717, 1.165) is 13.0 Å². The number of sulfonamides is 1. The fourth-order valence-corrected chi connectivity index (χ4v) is 3.78. The van der Waals surface area contributed by atoms with Crippen LogP contribution in [0.25, 0.3) is 0 Å². The van der Waals surface area contributed by atoms with Crippen LogP contribution in [0.15, 0.2) is 33.6 Å². The summed E-state index contributed by atoms with van der Waals surface area (Å²) in [6.07, 6.45) is 1.53. The zero-order chi connectivity index (χ0) is 18.4. The molecule has 1 saturated heterocycles. The largest absolute Gasteiger partial charge is 0.369 e. The van der Waals surface area contributed by atoms with Crippen molar-refractivity contribution < 1.29 is 17.9 Å². The molecule has 25 heavy (non-hydrogen) atoms. The third-order valence-corrected chi connectivity index (χ3v) is 5.29. The lowest BCUT2D eigenvalue weighted by atomic mass is 10.2. The first-order valence-corrected chi connectivity index (χ1v) is 9.89. The van der Waals surface area contributed by atoms with Crippen LogP contribution in [-0.2, 0) is 19.6 Å². The van der Waals surface area contributed by atoms with Crippen molar-refractivity contribution in [2.24, 2.45) is 4.40 Å². The van der Waals surface area contributed by atoms with E-state index in [0.29, 0.717) is 31.0 Å². The third kappa shape index (κ3) is 5.02. The molecule has 1 aliphatic rings. The Kier molecular flexibility index (Phi) is 6.55. The first-order chi connectivity index (χ1) is 11.9. The molecule has 1 heterocycles. The van der Waals surface area contributed by atoms with Crippen LogP contribution in [0.3, 0.4) is 0 Å². The molecule has 1 N–H and O–H groups in total. The lowest BCUT2D eigenvalue weighted by Crippen LogP contribution is -2.29. The van der Waals surface area contributed by atoms with Crippen molar-refractivity contribution in [3.63, 3.8) is 0 Å². The number of hydrogen-bond donors (Lipinski definition) is 1. The van der Waals surface area contributed by atoms with Crippen molar-refractivity contribution in [1.82, 2.24) is 4.90 Å². The van der Waals surface area contributed by atoms with Gasteiger partial charge in [0.2, 0.25) is 0 Å². The fraction of sp³-hybridized carbons (Fsp3) is 0.529. The highest BCUT2D eigenvalue weighted by Crippen LogP contribution is 2.20. The highest BCUT2D eigenvalue weighted by atomic mass is 32.2. The number of likely N-dealkylation sites (tertiary alicyclic amines) is 1. The Morgan fingerprint density at radius 2 is 2.16 bits per heavy atom. The third-order valence-electron chi connectivity index (χ3n) is 3.99. The van der Waals surface area contributed by atoms with Gasteiger partial charge < -0.3 is 15.0 Å². The minimum Gasteiger partial charge on any atom is -0.369 e. The maximum atomic E-state index is 12.5. The van der Waals surface area contributed by atoms with Crippen LogP contribution in [0.4, 0.5) is 5.69 Å². The van der Waals surface area contributed by atoms with Gasteiger partial charge in [-0.15, -0.1) is 4.40 Å². The number of carbonyl (C=O) groups excluding carboxylic acids is 1. The summed E-state index contributed by atoms with van der Waals surface area (Å²) in [6, 6.07) is 6.13. The molecule has 1 fully saturated rings. The Balaban J connectivity index is 2.19. The van der Waals surface area contributed by atoms with E-state index in [2.05, 4.69) is 9.71 Å². The second-order valence-electron chi connectivity index (χ2n) is 5.88. The van der Waals surface area contributed by atoms with Crippen LogP contribution in [0.5, 0.6) is 0 Å². The zero-order valence-corrected chi connectivity index (χ0v) is 15.7. The van der Waals surface area contributed by atoms with Crippen molar-refractivity contribution in [3.05, 3.63) is 24.3 Å². The highest BCUT2D eigenvalue weighted by molar-refractivity contribution is 7.90. The number of nitrogens with zero attached hydrogens (tertiary/aromatic N) is 2. The number of carbonyl (C=O) groups is 1. The summed E-state index contributed by atoms with van der Waals surface area (Å²) in [5.74, 6) is 0.276. The first kappa shape index (κ1) is 19.4. The second kappa shape index (κ2) is 8.44. The number of nitrogens with one attached hydrogen (secondary N) is 1. The Morgan fingerprint density at radius 1 is 1.40 bits per heavy atom. The minimum atomic E-state index is -3.81. The Labute approximate surface area is 149 Å². The van der Waals surface area contributed by atoms with E-state index in [1.54, 1.807) is 12.1 Å². The standard InChI is InChI=1S/C17H25N3O4S/c1-4-15(24-5-2)17(21)18-13-8-6-9-14(12-13)25(22,23)19-16-10-7-11-20(16)3/h6,8-9,12,15H,4-5,7,10-11H2,1-3H3,(H,18,21)/b19-16-. The van der Waals surface area contributed by atoms with Gasteiger partial charge in [0, 0.05) is 32.3 Å². The number of anilines is 1. The lowest BCUT2D eigenvalue weighted by Gasteiger charge is -2.15. The lowest BCUT2D eigenvalue weighted by molar-refractivity contribution is -0.127. The number of hydrogen-bond acceptors (Lipinski definition) is 4. The molecular formula is C17H25N3O4S. The number of amidine groups is 1. The van der Waals surface area contributed by atoms with Gasteiger partial charge in [-0.25, -0.2) is 0 Å². The minimum absolute atomic E-state index is 0.0579. The van der Waals surface area contributed by atoms with E-state index in [-0.39, 0.29) is 10.8 Å². The predicted octanol–water partition coefficient (Wildman–Crippen LogP) is 2.25. The SMILES string of the molecule is CCOC(CC)C(=O)Nc1cccc(S(=O)(=O)/N=C2/CCCN2C)c1. The van der Waals surface area contributed by atoms with Crippen molar-refractivity contribution in [1.29, 1.82) is 0 Å². The average molecular weight is 367 g/mol. The number of amides is 1. The van der Waals surface area contributed by atoms with Crippen molar-refractivity contribution in [2.45, 2.75) is 44.1 Å². The molecule has 7 nitrogen and oxygen atoms in total. The van der Waals surface area contributed by atoms with Crippen molar-refractivity contribution in [2.75, 3.05) is 25.5 Å². The normalized spacial score (nSPS) is 17.7. The van der Waals surface area contributed by atoms with E-state index >= 15 is 0 Å². The average Bonchev–Trinajstić information content (AvgIpc) is 2.97. The molecule has 0 aromatic heterocycles. The second-order valence-corrected chi connectivity index (χ2v) is 7.48. The van der Waals surface area contributed by atoms with Gasteiger partial charge in [-0.1, -0.05) is 13.0 Å². The van der Waals surface area contributed by atoms with Crippen molar-refractivity contribution >= 4 is 27.5 Å². The molecule has 2 rings (SSSR count). The maximum Gasteiger partial charge on any atom is 0.284 e. The molecule has 0 aliphatic carbocycles. The van der Waals surface area contributed by atoms with Gasteiger partial charge in [0.15, 0.2) is 0 Å². The smallest absolute Gasteiger partial charge is 0.284 e. The quantitative estimate of drug-likeness (QED) is 0.798. The highest BCUT2D eigenvalue weighted by Gasteiger charge is 2.21. The summed E-state index contributed by atoms with van der Waals surface area (Å²) in [5.41, 5.74) is 0.407. The van der Waals surface area contributed by atoms with Gasteiger partial charge in [0.1, 0.15) is 11.9 Å². The van der Waals surface area contributed by atoms with E-state index in [1.165, 1.54) is 12.1 Å². The molecule has 1 amide bonds. The summed E-state index contributed by atoms with van der Waals surface area (Å²) >= 11 is 0. The Morgan fingerprint density at radius 3 is 2.76 bits per heavy atom. The maximum absolute atomic E-state index is 12.5.